The third kappa shape index (κ3) is 7.58. The van der Waals surface area contributed by atoms with Gasteiger partial charge in [0.05, 0.1) is 31.3 Å². The van der Waals surface area contributed by atoms with Gasteiger partial charge in [-0.05, 0) is 109 Å². The summed E-state index contributed by atoms with van der Waals surface area (Å²) in [5.74, 6) is -1.77. The van der Waals surface area contributed by atoms with Crippen LogP contribution in [0.5, 0.6) is 0 Å². The van der Waals surface area contributed by atoms with Crippen molar-refractivity contribution < 1.29 is 89.1 Å². The fourth-order valence-corrected chi connectivity index (χ4v) is 14.7. The summed E-state index contributed by atoms with van der Waals surface area (Å²) < 4.78 is 34.9. The minimum Gasteiger partial charge on any atom is -0.479 e. The second kappa shape index (κ2) is 16.9. The van der Waals surface area contributed by atoms with E-state index in [-0.39, 0.29) is 39.4 Å². The van der Waals surface area contributed by atoms with E-state index >= 15 is 0 Å². The number of carboxylic acid groups (broad SMARTS) is 1. The largest absolute Gasteiger partial charge is 0.479 e. The first-order valence-corrected chi connectivity index (χ1v) is 23.7. The molecular formula is C47H74O18. The van der Waals surface area contributed by atoms with Gasteiger partial charge in [-0.3, -0.25) is 4.79 Å². The van der Waals surface area contributed by atoms with Crippen molar-refractivity contribution in [1.29, 1.82) is 0 Å². The Kier molecular flexibility index (Phi) is 12.9. The second-order valence-electron chi connectivity index (χ2n) is 23.2. The maximum absolute atomic E-state index is 14.6. The van der Waals surface area contributed by atoms with E-state index in [9.17, 15) is 60.7 Å². The van der Waals surface area contributed by atoms with Gasteiger partial charge in [0.15, 0.2) is 18.7 Å². The Labute approximate surface area is 380 Å². The van der Waals surface area contributed by atoms with Gasteiger partial charge in [0.25, 0.3) is 0 Å². The van der Waals surface area contributed by atoms with Crippen molar-refractivity contribution in [3.8, 4) is 0 Å². The van der Waals surface area contributed by atoms with Crippen LogP contribution in [0.25, 0.3) is 0 Å². The predicted molar refractivity (Wildman–Crippen MR) is 225 cm³/mol. The van der Waals surface area contributed by atoms with Crippen molar-refractivity contribution >= 4 is 11.9 Å². The molecular weight excluding hydrogens is 852 g/mol. The van der Waals surface area contributed by atoms with Crippen LogP contribution in [0.2, 0.25) is 0 Å². The van der Waals surface area contributed by atoms with E-state index in [0.29, 0.717) is 19.3 Å². The molecule has 3 saturated heterocycles. The lowest BCUT2D eigenvalue weighted by Crippen LogP contribution is -2.66. The van der Waals surface area contributed by atoms with Crippen molar-refractivity contribution in [2.24, 2.45) is 50.2 Å². The maximum atomic E-state index is 14.6. The van der Waals surface area contributed by atoms with Crippen LogP contribution in [-0.2, 0) is 38.0 Å². The molecule has 21 unspecified atom stereocenters. The Bertz CT molecular complexity index is 1840. The molecule has 10 N–H and O–H groups in total. The van der Waals surface area contributed by atoms with Gasteiger partial charge in [-0.15, -0.1) is 0 Å². The lowest BCUT2D eigenvalue weighted by atomic mass is 9.33. The number of carbonyl (C=O) groups excluding carboxylic acids is 1. The highest BCUT2D eigenvalue weighted by atomic mass is 16.7. The first-order valence-electron chi connectivity index (χ1n) is 23.7. The molecule has 65 heavy (non-hydrogen) atoms. The summed E-state index contributed by atoms with van der Waals surface area (Å²) in [7, 11) is 0. The van der Waals surface area contributed by atoms with Gasteiger partial charge in [0.1, 0.15) is 54.4 Å². The molecule has 18 heteroatoms. The molecule has 0 aromatic carbocycles. The van der Waals surface area contributed by atoms with Crippen LogP contribution in [0.15, 0.2) is 11.6 Å². The SMILES string of the molecule is CC1(C)CCC2(C(=O)OC3OC(CO)C(O)C(O)C3O)CCC3(C)C(=CCC4C5(C)CCC(OC6OC(C(=O)O)C(OC7OCC(O)(CO)C7O)C(O)C6O)C(C)(C)C5CCC43C)C2C1. The van der Waals surface area contributed by atoms with Crippen LogP contribution in [0.1, 0.15) is 113 Å². The van der Waals surface area contributed by atoms with Crippen molar-refractivity contribution in [2.75, 3.05) is 19.8 Å². The second-order valence-corrected chi connectivity index (χ2v) is 23.2. The van der Waals surface area contributed by atoms with Crippen LogP contribution < -0.4 is 0 Å². The summed E-state index contributed by atoms with van der Waals surface area (Å²) in [6.07, 6.45) is -10.6. The minimum atomic E-state index is -2.06. The smallest absolute Gasteiger partial charge is 0.335 e. The maximum Gasteiger partial charge on any atom is 0.335 e. The fourth-order valence-electron chi connectivity index (χ4n) is 14.7. The number of fused-ring (bicyclic) bond motifs is 7. The topological polar surface area (TPSA) is 292 Å². The molecule has 3 heterocycles. The quantitative estimate of drug-likeness (QED) is 0.0872. The van der Waals surface area contributed by atoms with Gasteiger partial charge in [-0.1, -0.05) is 60.1 Å². The monoisotopic (exact) mass is 926 g/mol. The van der Waals surface area contributed by atoms with E-state index in [1.54, 1.807) is 0 Å². The zero-order chi connectivity index (χ0) is 47.6. The van der Waals surface area contributed by atoms with E-state index < -0.39 is 128 Å². The molecule has 0 aromatic heterocycles. The van der Waals surface area contributed by atoms with Gasteiger partial charge in [-0.25, -0.2) is 4.79 Å². The number of allylic oxidation sites excluding steroid dienone is 2. The number of hydrogen-bond acceptors (Lipinski definition) is 17. The van der Waals surface area contributed by atoms with E-state index in [0.717, 1.165) is 44.9 Å². The summed E-state index contributed by atoms with van der Waals surface area (Å²) in [4.78, 5) is 27.2. The number of carbonyl (C=O) groups is 2. The molecule has 0 bridgehead atoms. The Hall–Kier alpha value is -1.88. The molecule has 8 rings (SSSR count). The molecule has 4 saturated carbocycles. The Morgan fingerprint density at radius 1 is 0.754 bits per heavy atom. The zero-order valence-corrected chi connectivity index (χ0v) is 38.7. The van der Waals surface area contributed by atoms with Crippen molar-refractivity contribution in [3.05, 3.63) is 11.6 Å². The van der Waals surface area contributed by atoms with Gasteiger partial charge < -0.3 is 79.5 Å². The number of hydrogen-bond donors (Lipinski definition) is 10. The average molecular weight is 927 g/mol. The molecule has 0 spiro atoms. The number of aliphatic hydroxyl groups is 9. The van der Waals surface area contributed by atoms with Crippen molar-refractivity contribution in [2.45, 2.75) is 198 Å². The van der Waals surface area contributed by atoms with Gasteiger partial charge >= 0.3 is 11.9 Å². The Morgan fingerprint density at radius 2 is 1.43 bits per heavy atom. The van der Waals surface area contributed by atoms with Crippen molar-refractivity contribution in [1.82, 2.24) is 0 Å². The highest BCUT2D eigenvalue weighted by Gasteiger charge is 2.70. The highest BCUT2D eigenvalue weighted by Crippen LogP contribution is 2.76. The summed E-state index contributed by atoms with van der Waals surface area (Å²) >= 11 is 0. The molecule has 5 aliphatic carbocycles. The van der Waals surface area contributed by atoms with Gasteiger partial charge in [0.2, 0.25) is 6.29 Å². The molecule has 370 valence electrons. The fraction of sp³-hybridized carbons (Fsp3) is 0.915. The van der Waals surface area contributed by atoms with Crippen LogP contribution in [0.4, 0.5) is 0 Å². The number of rotatable bonds is 9. The summed E-state index contributed by atoms with van der Waals surface area (Å²) in [6.45, 7) is 13.9. The van der Waals surface area contributed by atoms with Crippen LogP contribution in [0, 0.1) is 50.2 Å². The molecule has 8 aliphatic rings. The molecule has 21 atom stereocenters. The summed E-state index contributed by atoms with van der Waals surface area (Å²) in [6, 6.07) is 0. The van der Waals surface area contributed by atoms with Crippen LogP contribution >= 0.6 is 0 Å². The molecule has 7 fully saturated rings. The van der Waals surface area contributed by atoms with Gasteiger partial charge in [-0.2, -0.15) is 0 Å². The molecule has 0 aromatic rings. The molecule has 18 nitrogen and oxygen atoms in total. The number of ether oxygens (including phenoxy) is 6. The predicted octanol–water partition coefficient (Wildman–Crippen LogP) is 0.874. The van der Waals surface area contributed by atoms with E-state index in [1.165, 1.54) is 5.57 Å². The van der Waals surface area contributed by atoms with Crippen LogP contribution in [-0.4, -0.2) is 168 Å². The normalized spacial score (nSPS) is 52.5. The van der Waals surface area contributed by atoms with Crippen molar-refractivity contribution in [3.63, 3.8) is 0 Å². The third-order valence-corrected chi connectivity index (χ3v) is 19.0. The molecule has 0 radical (unpaired) electrons. The lowest BCUT2D eigenvalue weighted by Gasteiger charge is -2.71. The third-order valence-electron chi connectivity index (χ3n) is 19.0. The van der Waals surface area contributed by atoms with E-state index in [1.807, 2.05) is 0 Å². The molecule has 3 aliphatic heterocycles. The highest BCUT2D eigenvalue weighted by molar-refractivity contribution is 5.79. The minimum absolute atomic E-state index is 0.0647. The lowest BCUT2D eigenvalue weighted by molar-refractivity contribution is -0.341. The average Bonchev–Trinajstić information content (AvgIpc) is 3.53. The first-order chi connectivity index (χ1) is 30.2. The Balaban J connectivity index is 1.01. The number of esters is 1. The summed E-state index contributed by atoms with van der Waals surface area (Å²) in [5, 5.41) is 105. The van der Waals surface area contributed by atoms with E-state index in [4.69, 9.17) is 28.4 Å². The zero-order valence-electron chi connectivity index (χ0n) is 38.7. The van der Waals surface area contributed by atoms with E-state index in [2.05, 4.69) is 54.5 Å². The molecule has 0 amide bonds. The Morgan fingerprint density at radius 3 is 2.08 bits per heavy atom. The number of aliphatic carboxylic acids is 1. The first kappa shape index (κ1) is 49.5. The van der Waals surface area contributed by atoms with Gasteiger partial charge in [0, 0.05) is 0 Å². The number of aliphatic hydroxyl groups excluding tert-OH is 8. The number of carboxylic acids is 1. The standard InChI is InChI=1S/C47H74O18/c1-41(2)14-16-46(40(58)65-37-31(53)29(51)28(50)24(19-48)61-37)17-15-44(6)22(23(46)18-41)8-9-26-43(5)12-11-27(42(3,4)25(43)10-13-45(26,44)7)62-38-32(54)30(52)33(34(64-38)36(56)57)63-39-35(55)47(59,20-49)21-60-39/h8,23-35,37-39,48-55,59H,9-21H2,1-7H3,(H,56,57). The van der Waals surface area contributed by atoms with Crippen LogP contribution in [0.3, 0.4) is 0 Å². The summed E-state index contributed by atoms with van der Waals surface area (Å²) in [5.41, 5.74) is -2.86.